The van der Waals surface area contributed by atoms with Gasteiger partial charge in [-0.1, -0.05) is 36.2 Å². The van der Waals surface area contributed by atoms with Gasteiger partial charge in [0.1, 0.15) is 0 Å². The third-order valence-corrected chi connectivity index (χ3v) is 4.95. The van der Waals surface area contributed by atoms with Crippen molar-refractivity contribution in [3.8, 4) is 6.07 Å². The molecule has 0 spiro atoms. The predicted molar refractivity (Wildman–Crippen MR) is 103 cm³/mol. The number of halogens is 1. The summed E-state index contributed by atoms with van der Waals surface area (Å²) < 4.78 is 0. The van der Waals surface area contributed by atoms with E-state index in [1.165, 1.54) is 0 Å². The van der Waals surface area contributed by atoms with Crippen LogP contribution in [0.4, 0.5) is 0 Å². The first kappa shape index (κ1) is 18.2. The van der Waals surface area contributed by atoms with Crippen LogP contribution in [0, 0.1) is 11.3 Å². The fourth-order valence-electron chi connectivity index (χ4n) is 3.28. The number of hydrogen-bond donors (Lipinski definition) is 1. The van der Waals surface area contributed by atoms with E-state index >= 15 is 0 Å². The SMILES string of the molecule is N#CC(CCCCc1ccn[nH]1)(Cc1cccnc1)c1ccc(Cl)cc1. The molecule has 2 aromatic heterocycles. The van der Waals surface area contributed by atoms with E-state index in [4.69, 9.17) is 11.6 Å². The van der Waals surface area contributed by atoms with Gasteiger partial charge in [0, 0.05) is 29.3 Å². The van der Waals surface area contributed by atoms with Gasteiger partial charge in [0.05, 0.1) is 11.5 Å². The highest BCUT2D eigenvalue weighted by atomic mass is 35.5. The fourth-order valence-corrected chi connectivity index (χ4v) is 3.41. The van der Waals surface area contributed by atoms with E-state index in [1.807, 2.05) is 48.7 Å². The van der Waals surface area contributed by atoms with Gasteiger partial charge in [0.2, 0.25) is 0 Å². The quantitative estimate of drug-likeness (QED) is 0.579. The monoisotopic (exact) mass is 364 g/mol. The summed E-state index contributed by atoms with van der Waals surface area (Å²) >= 11 is 6.05. The van der Waals surface area contributed by atoms with Crippen molar-refractivity contribution in [2.75, 3.05) is 0 Å². The van der Waals surface area contributed by atoms with Crippen molar-refractivity contribution in [3.05, 3.63) is 82.9 Å². The smallest absolute Gasteiger partial charge is 0.0863 e. The topological polar surface area (TPSA) is 65.4 Å². The summed E-state index contributed by atoms with van der Waals surface area (Å²) in [6.45, 7) is 0. The molecule has 0 amide bonds. The Morgan fingerprint density at radius 1 is 1.08 bits per heavy atom. The standard InChI is InChI=1S/C21H21ClN4/c22-19-8-6-18(7-9-19)21(16-23,14-17-4-3-12-24-15-17)11-2-1-5-20-10-13-25-26-20/h3-4,6-10,12-13,15H,1-2,5,11,14H2,(H,25,26). The molecule has 0 radical (unpaired) electrons. The van der Waals surface area contributed by atoms with Crippen LogP contribution in [-0.2, 0) is 18.3 Å². The van der Waals surface area contributed by atoms with Gasteiger partial charge < -0.3 is 0 Å². The van der Waals surface area contributed by atoms with Crippen LogP contribution in [0.1, 0.15) is 36.1 Å². The number of pyridine rings is 1. The third kappa shape index (κ3) is 4.50. The fraction of sp³-hybridized carbons (Fsp3) is 0.286. The van der Waals surface area contributed by atoms with E-state index in [9.17, 15) is 5.26 Å². The lowest BCUT2D eigenvalue weighted by Crippen LogP contribution is -2.27. The first-order valence-electron chi connectivity index (χ1n) is 8.76. The number of rotatable bonds is 8. The second kappa shape index (κ2) is 8.64. The van der Waals surface area contributed by atoms with Gasteiger partial charge in [-0.3, -0.25) is 10.1 Å². The molecule has 0 bridgehead atoms. The van der Waals surface area contributed by atoms with Crippen LogP contribution in [0.25, 0.3) is 0 Å². The Bertz CT molecular complexity index is 838. The summed E-state index contributed by atoms with van der Waals surface area (Å²) in [5.74, 6) is 0. The van der Waals surface area contributed by atoms with Crippen molar-refractivity contribution < 1.29 is 0 Å². The van der Waals surface area contributed by atoms with Crippen molar-refractivity contribution >= 4 is 11.6 Å². The number of hydrogen-bond acceptors (Lipinski definition) is 3. The van der Waals surface area contributed by atoms with Gasteiger partial charge in [-0.15, -0.1) is 0 Å². The van der Waals surface area contributed by atoms with E-state index in [1.54, 1.807) is 12.4 Å². The molecule has 0 saturated heterocycles. The van der Waals surface area contributed by atoms with Crippen molar-refractivity contribution in [3.63, 3.8) is 0 Å². The molecule has 0 fully saturated rings. The maximum Gasteiger partial charge on any atom is 0.0863 e. The van der Waals surface area contributed by atoms with Crippen LogP contribution in [0.15, 0.2) is 61.1 Å². The van der Waals surface area contributed by atoms with E-state index in [0.717, 1.165) is 42.5 Å². The normalized spacial score (nSPS) is 13.1. The van der Waals surface area contributed by atoms with Crippen LogP contribution in [0.2, 0.25) is 5.02 Å². The van der Waals surface area contributed by atoms with Crippen molar-refractivity contribution in [2.45, 2.75) is 37.5 Å². The molecular weight excluding hydrogens is 344 g/mol. The second-order valence-corrected chi connectivity index (χ2v) is 6.96. The molecule has 1 atom stereocenters. The number of unbranched alkanes of at least 4 members (excludes halogenated alkanes) is 1. The average Bonchev–Trinajstić information content (AvgIpc) is 3.19. The Labute approximate surface area is 158 Å². The summed E-state index contributed by atoms with van der Waals surface area (Å²) in [4.78, 5) is 4.20. The molecule has 0 saturated carbocycles. The lowest BCUT2D eigenvalue weighted by atomic mass is 9.73. The molecule has 2 heterocycles. The summed E-state index contributed by atoms with van der Waals surface area (Å²) in [5.41, 5.74) is 2.63. The van der Waals surface area contributed by atoms with E-state index in [2.05, 4.69) is 21.3 Å². The number of aryl methyl sites for hydroxylation is 1. The molecule has 0 aliphatic rings. The van der Waals surface area contributed by atoms with Crippen LogP contribution in [0.5, 0.6) is 0 Å². The Kier molecular flexibility index (Phi) is 6.04. The minimum Gasteiger partial charge on any atom is -0.283 e. The molecule has 132 valence electrons. The average molecular weight is 365 g/mol. The number of nitrogens with one attached hydrogen (secondary N) is 1. The number of benzene rings is 1. The largest absolute Gasteiger partial charge is 0.283 e. The molecule has 3 rings (SSSR count). The van der Waals surface area contributed by atoms with E-state index < -0.39 is 5.41 Å². The molecule has 1 N–H and O–H groups in total. The molecule has 4 nitrogen and oxygen atoms in total. The predicted octanol–water partition coefficient (Wildman–Crippen LogP) is 4.88. The van der Waals surface area contributed by atoms with Gasteiger partial charge in [0.15, 0.2) is 0 Å². The Morgan fingerprint density at radius 2 is 1.92 bits per heavy atom. The summed E-state index contributed by atoms with van der Waals surface area (Å²) in [7, 11) is 0. The lowest BCUT2D eigenvalue weighted by molar-refractivity contribution is 0.468. The highest BCUT2D eigenvalue weighted by Crippen LogP contribution is 2.34. The Morgan fingerprint density at radius 3 is 2.58 bits per heavy atom. The molecule has 5 heteroatoms. The Hall–Kier alpha value is -2.64. The zero-order chi connectivity index (χ0) is 18.2. The molecule has 0 aliphatic carbocycles. The lowest BCUT2D eigenvalue weighted by Gasteiger charge is -2.27. The van der Waals surface area contributed by atoms with Gasteiger partial charge in [-0.2, -0.15) is 10.4 Å². The van der Waals surface area contributed by atoms with Crippen LogP contribution in [-0.4, -0.2) is 15.2 Å². The van der Waals surface area contributed by atoms with Crippen molar-refractivity contribution in [1.82, 2.24) is 15.2 Å². The minimum absolute atomic E-state index is 0.582. The number of nitrogens with zero attached hydrogens (tertiary/aromatic N) is 3. The highest BCUT2D eigenvalue weighted by molar-refractivity contribution is 6.30. The van der Waals surface area contributed by atoms with Gasteiger partial charge in [-0.25, -0.2) is 0 Å². The first-order chi connectivity index (χ1) is 12.7. The first-order valence-corrected chi connectivity index (χ1v) is 9.14. The number of nitriles is 1. The molecular formula is C21H21ClN4. The van der Waals surface area contributed by atoms with Gasteiger partial charge in [0.25, 0.3) is 0 Å². The molecule has 26 heavy (non-hydrogen) atoms. The zero-order valence-electron chi connectivity index (χ0n) is 14.5. The molecule has 1 unspecified atom stereocenters. The summed E-state index contributed by atoms with van der Waals surface area (Å²) in [6.07, 6.45) is 9.69. The number of H-pyrrole nitrogens is 1. The van der Waals surface area contributed by atoms with E-state index in [-0.39, 0.29) is 0 Å². The van der Waals surface area contributed by atoms with Gasteiger partial charge in [-0.05, 0) is 61.1 Å². The van der Waals surface area contributed by atoms with Crippen LogP contribution in [0.3, 0.4) is 0 Å². The van der Waals surface area contributed by atoms with Gasteiger partial charge >= 0.3 is 0 Å². The molecule has 3 aromatic rings. The number of aromatic amines is 1. The maximum atomic E-state index is 10.1. The van der Waals surface area contributed by atoms with Crippen LogP contribution >= 0.6 is 11.6 Å². The molecule has 1 aromatic carbocycles. The van der Waals surface area contributed by atoms with Crippen molar-refractivity contribution in [1.29, 1.82) is 5.26 Å². The minimum atomic E-state index is -0.582. The summed E-state index contributed by atoms with van der Waals surface area (Å²) in [6, 6.07) is 16.2. The van der Waals surface area contributed by atoms with Crippen molar-refractivity contribution in [2.24, 2.45) is 0 Å². The number of aromatic nitrogens is 3. The van der Waals surface area contributed by atoms with E-state index in [0.29, 0.717) is 11.4 Å². The zero-order valence-corrected chi connectivity index (χ0v) is 15.3. The molecule has 0 aliphatic heterocycles. The second-order valence-electron chi connectivity index (χ2n) is 6.53. The van der Waals surface area contributed by atoms with Crippen LogP contribution < -0.4 is 0 Å². The third-order valence-electron chi connectivity index (χ3n) is 4.70. The maximum absolute atomic E-state index is 10.1. The highest BCUT2D eigenvalue weighted by Gasteiger charge is 2.32. The summed E-state index contributed by atoms with van der Waals surface area (Å²) in [5, 5.41) is 17.8. The Balaban J connectivity index is 1.77.